The number of fused-ring (bicyclic) bond motifs is 6. The fourth-order valence-corrected chi connectivity index (χ4v) is 15.2. The monoisotopic (exact) mass is 1170 g/mol. The summed E-state index contributed by atoms with van der Waals surface area (Å²) in [5.41, 5.74) is 2.09. The minimum absolute atomic E-state index is 0.0780. The molecule has 0 bridgehead atoms. The fraction of sp³-hybridized carbons (Fsp3) is 0.394. The molecule has 6 heterocycles. The van der Waals surface area contributed by atoms with Crippen LogP contribution in [0.25, 0.3) is 0 Å². The van der Waals surface area contributed by atoms with Crippen LogP contribution < -0.4 is 31.9 Å². The number of anilines is 4. The van der Waals surface area contributed by atoms with Crippen LogP contribution in [0.1, 0.15) is 123 Å². The molecule has 6 aromatic rings. The van der Waals surface area contributed by atoms with Gasteiger partial charge in [-0.2, -0.15) is 0 Å². The van der Waals surface area contributed by atoms with Gasteiger partial charge in [0.05, 0.1) is 33.0 Å². The fourth-order valence-electron chi connectivity index (χ4n) is 15.2. The molecule has 2 aromatic heterocycles. The molecule has 444 valence electrons. The molecule has 2 saturated heterocycles. The van der Waals surface area contributed by atoms with E-state index in [9.17, 15) is 46.3 Å². The number of piperazine rings is 2. The summed E-state index contributed by atoms with van der Waals surface area (Å²) in [6, 6.07) is 25.2. The van der Waals surface area contributed by atoms with Crippen molar-refractivity contribution in [3.8, 4) is 0 Å². The Hall–Kier alpha value is -8.36. The second kappa shape index (κ2) is 21.3. The van der Waals surface area contributed by atoms with Crippen LogP contribution in [0.3, 0.4) is 0 Å². The summed E-state index contributed by atoms with van der Waals surface area (Å²) in [7, 11) is 0. The highest BCUT2D eigenvalue weighted by Gasteiger charge is 2.56. The minimum atomic E-state index is -1.16. The van der Waals surface area contributed by atoms with E-state index < -0.39 is 68.1 Å². The third-order valence-corrected chi connectivity index (χ3v) is 20.0. The predicted molar refractivity (Wildman–Crippen MR) is 313 cm³/mol. The summed E-state index contributed by atoms with van der Waals surface area (Å²) in [6.07, 6.45) is 13.6. The molecule has 4 fully saturated rings. The molecule has 4 aliphatic carbocycles. The van der Waals surface area contributed by atoms with E-state index >= 15 is 0 Å². The molecule has 4 aromatic carbocycles. The zero-order valence-corrected chi connectivity index (χ0v) is 47.9. The molecule has 4 unspecified atom stereocenters. The van der Waals surface area contributed by atoms with Crippen LogP contribution in [0.4, 0.5) is 40.6 Å². The topological polar surface area (TPSA) is 207 Å². The standard InChI is InChI=1S/C34H35F2N5O3.C32H31F2N5O3/c1-32(23-14-24(35)16-25(36)15-23)20-38-34(10-4-2-3-5-11-34)31(44)41(32)19-28(42)39-26-9-8-21-17-33(18-22(21)13-26)27-7-6-12-37-29(27)40-30(33)43;1-30(21-12-22(33)14-23(34)13-21)18-36-32(8-2-3-9-32)29(42)39(30)17-26(40)37-24-7-6-19-15-31(16-20(19)11-24)25-5-4-10-35-27(25)38-28(31)41/h6-9,12-16,38H,2-5,10-11,17-20H2,1H3,(H,39,42)(H,37,40,43);4-7,10-14,36H,2-3,8-9,15-18H2,1H3,(H,37,40)(H,35,38,41). The van der Waals surface area contributed by atoms with E-state index in [1.54, 1.807) is 38.4 Å². The average molecular weight is 1170 g/mol. The predicted octanol–water partition coefficient (Wildman–Crippen LogP) is 8.67. The van der Waals surface area contributed by atoms with Gasteiger partial charge in [0.15, 0.2) is 0 Å². The number of hydrogen-bond acceptors (Lipinski definition) is 10. The van der Waals surface area contributed by atoms with Gasteiger partial charge in [0.25, 0.3) is 0 Å². The van der Waals surface area contributed by atoms with E-state index in [2.05, 4.69) is 41.9 Å². The molecule has 4 atom stereocenters. The van der Waals surface area contributed by atoms with Gasteiger partial charge in [-0.1, -0.05) is 62.8 Å². The Morgan fingerprint density at radius 1 is 0.500 bits per heavy atom. The van der Waals surface area contributed by atoms with Crippen LogP contribution in [0.15, 0.2) is 109 Å². The van der Waals surface area contributed by atoms with Crippen LogP contribution >= 0.6 is 0 Å². The van der Waals surface area contributed by atoms with Crippen molar-refractivity contribution < 1.29 is 46.3 Å². The third-order valence-electron chi connectivity index (χ3n) is 20.0. The number of rotatable bonds is 8. The molecular weight excluding hydrogens is 1100 g/mol. The number of halogens is 4. The lowest BCUT2D eigenvalue weighted by molar-refractivity contribution is -0.154. The number of aromatic nitrogens is 2. The minimum Gasteiger partial charge on any atom is -0.325 e. The Morgan fingerprint density at radius 3 is 1.27 bits per heavy atom. The number of carbonyl (C=O) groups is 6. The first-order valence-corrected chi connectivity index (χ1v) is 29.7. The average Bonchev–Trinajstić information content (AvgIpc) is 1.34. The molecule has 86 heavy (non-hydrogen) atoms. The number of hydrogen-bond donors (Lipinski definition) is 6. The highest BCUT2D eigenvalue weighted by molar-refractivity contribution is 6.07. The van der Waals surface area contributed by atoms with Crippen molar-refractivity contribution >= 4 is 58.5 Å². The highest BCUT2D eigenvalue weighted by Crippen LogP contribution is 2.49. The van der Waals surface area contributed by atoms with Crippen molar-refractivity contribution in [3.63, 3.8) is 0 Å². The smallest absolute Gasteiger partial charge is 0.244 e. The third kappa shape index (κ3) is 9.59. The molecule has 4 spiro atoms. The lowest BCUT2D eigenvalue weighted by Gasteiger charge is -2.52. The first-order chi connectivity index (χ1) is 41.2. The maximum atomic E-state index is 14.4. The lowest BCUT2D eigenvalue weighted by Crippen LogP contribution is -2.71. The number of pyridine rings is 2. The number of carbonyl (C=O) groups excluding carboxylic acids is 6. The normalized spacial score (nSPS) is 25.5. The van der Waals surface area contributed by atoms with Crippen molar-refractivity contribution in [1.29, 1.82) is 0 Å². The van der Waals surface area contributed by atoms with Crippen molar-refractivity contribution in [3.05, 3.63) is 177 Å². The van der Waals surface area contributed by atoms with Crippen LogP contribution in [0.2, 0.25) is 0 Å². The molecule has 6 amide bonds. The Labute approximate surface area is 494 Å². The van der Waals surface area contributed by atoms with Crippen LogP contribution in [-0.2, 0) is 76.4 Å². The Balaban J connectivity index is 0.000000160. The number of nitrogens with zero attached hydrogens (tertiary/aromatic N) is 4. The molecule has 0 radical (unpaired) electrons. The number of nitrogens with one attached hydrogen (secondary N) is 6. The van der Waals surface area contributed by atoms with Gasteiger partial charge in [0.1, 0.15) is 48.0 Å². The second-order valence-corrected chi connectivity index (χ2v) is 25.3. The van der Waals surface area contributed by atoms with Gasteiger partial charge in [0, 0.05) is 60.1 Å². The zero-order valence-electron chi connectivity index (χ0n) is 47.9. The van der Waals surface area contributed by atoms with Crippen molar-refractivity contribution in [1.82, 2.24) is 30.4 Å². The van der Waals surface area contributed by atoms with E-state index in [0.717, 1.165) is 84.0 Å². The maximum Gasteiger partial charge on any atom is 0.244 e. The Morgan fingerprint density at radius 2 is 0.872 bits per heavy atom. The van der Waals surface area contributed by atoms with E-state index in [4.69, 9.17) is 0 Å². The number of benzene rings is 4. The molecule has 16 nitrogen and oxygen atoms in total. The summed E-state index contributed by atoms with van der Waals surface area (Å²) >= 11 is 0. The summed E-state index contributed by atoms with van der Waals surface area (Å²) in [4.78, 5) is 93.2. The van der Waals surface area contributed by atoms with Gasteiger partial charge in [-0.25, -0.2) is 27.5 Å². The molecule has 8 aliphatic rings. The van der Waals surface area contributed by atoms with Crippen molar-refractivity contribution in [2.45, 2.75) is 137 Å². The summed E-state index contributed by atoms with van der Waals surface area (Å²) in [5, 5.41) is 18.5. The quantitative estimate of drug-likeness (QED) is 0.0800. The molecular formula is C66H66F4N10O6. The van der Waals surface area contributed by atoms with E-state index in [-0.39, 0.29) is 55.4 Å². The molecule has 6 N–H and O–H groups in total. The van der Waals surface area contributed by atoms with Crippen LogP contribution in [0, 0.1) is 23.3 Å². The van der Waals surface area contributed by atoms with Gasteiger partial charge < -0.3 is 41.7 Å². The molecule has 2 saturated carbocycles. The van der Waals surface area contributed by atoms with E-state index in [0.29, 0.717) is 79.9 Å². The van der Waals surface area contributed by atoms with Gasteiger partial charge in [-0.15, -0.1) is 0 Å². The first-order valence-electron chi connectivity index (χ1n) is 29.7. The van der Waals surface area contributed by atoms with Crippen molar-refractivity contribution in [2.24, 2.45) is 0 Å². The first kappa shape index (κ1) is 56.8. The zero-order chi connectivity index (χ0) is 60.0. The Kier molecular flexibility index (Phi) is 14.0. The summed E-state index contributed by atoms with van der Waals surface area (Å²) < 4.78 is 57.3. The van der Waals surface area contributed by atoms with E-state index in [1.807, 2.05) is 48.5 Å². The number of amides is 6. The maximum absolute atomic E-state index is 14.4. The lowest BCUT2D eigenvalue weighted by atomic mass is 9.79. The SMILES string of the molecule is CC1(c2cc(F)cc(F)c2)CNC2(CCCC2)C(=O)N1CC(=O)Nc1ccc2c(c1)CC1(C2)C(=O)Nc2ncccc21.CC1(c2cc(F)cc(F)c2)CNC2(CCCCCC2)C(=O)N1CC(=O)Nc1ccc2c(c1)CC1(C2)C(=O)Nc2ncccc21. The van der Waals surface area contributed by atoms with Crippen LogP contribution in [0.5, 0.6) is 0 Å². The van der Waals surface area contributed by atoms with Crippen molar-refractivity contribution in [2.75, 3.05) is 47.4 Å². The van der Waals surface area contributed by atoms with Gasteiger partial charge in [-0.05, 0) is 159 Å². The molecule has 20 heteroatoms. The van der Waals surface area contributed by atoms with Gasteiger partial charge in [-0.3, -0.25) is 28.8 Å². The van der Waals surface area contributed by atoms with E-state index in [1.165, 1.54) is 34.1 Å². The highest BCUT2D eigenvalue weighted by atomic mass is 19.1. The van der Waals surface area contributed by atoms with Gasteiger partial charge >= 0.3 is 0 Å². The molecule has 14 rings (SSSR count). The second-order valence-electron chi connectivity index (χ2n) is 25.3. The Bertz CT molecular complexity index is 3790. The summed E-state index contributed by atoms with van der Waals surface area (Å²) in [6.45, 7) is 3.44. The van der Waals surface area contributed by atoms with Gasteiger partial charge in [0.2, 0.25) is 35.4 Å². The molecule has 4 aliphatic heterocycles. The largest absolute Gasteiger partial charge is 0.325 e. The van der Waals surface area contributed by atoms with Crippen LogP contribution in [-0.4, -0.2) is 92.5 Å². The summed E-state index contributed by atoms with van der Waals surface area (Å²) in [5.74, 6) is -3.21.